The maximum Gasteiger partial charge on any atom is 0.253 e. The van der Waals surface area contributed by atoms with Crippen LogP contribution in [0.3, 0.4) is 0 Å². The molecule has 4 rings (SSSR count). The Kier molecular flexibility index (Phi) is 6.18. The zero-order valence-electron chi connectivity index (χ0n) is 16.4. The lowest BCUT2D eigenvalue weighted by Gasteiger charge is -2.10. The number of thiophene rings is 1. The van der Waals surface area contributed by atoms with Crippen LogP contribution in [0.5, 0.6) is 0 Å². The second-order valence-corrected chi connectivity index (χ2v) is 9.01. The molecule has 0 aliphatic rings. The van der Waals surface area contributed by atoms with Crippen molar-refractivity contribution in [2.24, 2.45) is 0 Å². The average molecular weight is 454 g/mol. The minimum Gasteiger partial charge on any atom is -0.349 e. The van der Waals surface area contributed by atoms with Crippen LogP contribution in [0, 0.1) is 6.92 Å². The first-order valence-corrected chi connectivity index (χ1v) is 11.5. The molecular formula is C23H20ClN3OS2. The molecule has 1 amide bonds. The van der Waals surface area contributed by atoms with E-state index in [1.54, 1.807) is 28.7 Å². The van der Waals surface area contributed by atoms with Gasteiger partial charge in [-0.2, -0.15) is 0 Å². The van der Waals surface area contributed by atoms with E-state index in [9.17, 15) is 4.79 Å². The summed E-state index contributed by atoms with van der Waals surface area (Å²) in [5.41, 5.74) is 4.21. The number of carbonyl (C=O) groups excluding carboxylic acids is 1. The molecule has 0 radical (unpaired) electrons. The number of nitrogens with one attached hydrogen (secondary N) is 1. The van der Waals surface area contributed by atoms with Crippen molar-refractivity contribution < 1.29 is 4.79 Å². The van der Waals surface area contributed by atoms with E-state index in [2.05, 4.69) is 27.9 Å². The topological polar surface area (TPSA) is 46.9 Å². The van der Waals surface area contributed by atoms with Crippen LogP contribution >= 0.6 is 34.3 Å². The number of carbonyl (C=O) groups is 1. The molecule has 4 nitrogen and oxygen atoms in total. The molecule has 0 saturated heterocycles. The van der Waals surface area contributed by atoms with Gasteiger partial charge in [-0.25, -0.2) is 4.98 Å². The highest BCUT2D eigenvalue weighted by Crippen LogP contribution is 2.35. The molecule has 4 aromatic rings. The minimum absolute atomic E-state index is 0.111. The third-order valence-corrected chi connectivity index (χ3v) is 6.85. The predicted octanol–water partition coefficient (Wildman–Crippen LogP) is 6.27. The Balaban J connectivity index is 1.77. The van der Waals surface area contributed by atoms with Gasteiger partial charge in [-0.15, -0.1) is 29.3 Å². The van der Waals surface area contributed by atoms with Gasteiger partial charge in [0.2, 0.25) is 0 Å². The molecule has 1 N–H and O–H groups in total. The van der Waals surface area contributed by atoms with Crippen LogP contribution in [0.25, 0.3) is 22.0 Å². The highest BCUT2D eigenvalue weighted by atomic mass is 35.5. The lowest BCUT2D eigenvalue weighted by molar-refractivity contribution is 0.0957. The van der Waals surface area contributed by atoms with E-state index in [-0.39, 0.29) is 5.91 Å². The monoisotopic (exact) mass is 453 g/mol. The lowest BCUT2D eigenvalue weighted by Crippen LogP contribution is -2.23. The summed E-state index contributed by atoms with van der Waals surface area (Å²) in [5, 5.41) is 8.48. The Bertz CT molecular complexity index is 1190. The summed E-state index contributed by atoms with van der Waals surface area (Å²) in [5.74, 6) is -0.111. The van der Waals surface area contributed by atoms with Crippen molar-refractivity contribution >= 4 is 40.2 Å². The predicted molar refractivity (Wildman–Crippen MR) is 127 cm³/mol. The van der Waals surface area contributed by atoms with Crippen LogP contribution in [0.4, 0.5) is 0 Å². The standard InChI is InChI=1S/C23H20ClN3OS2/c1-3-10-25-22(28)18-12-21(27(15(18)2)13-16-7-6-11-29-16)20-14-30-23(26-20)17-8-4-5-9-19(17)24/h3-9,11-12,14H,1,10,13H2,2H3,(H,25,28). The fraction of sp³-hybridized carbons (Fsp3) is 0.130. The molecule has 0 bridgehead atoms. The number of halogens is 1. The maximum atomic E-state index is 12.7. The molecule has 0 saturated carbocycles. The molecule has 0 atom stereocenters. The van der Waals surface area contributed by atoms with Gasteiger partial charge < -0.3 is 9.88 Å². The second kappa shape index (κ2) is 9.00. The van der Waals surface area contributed by atoms with Crippen LogP contribution in [0.15, 0.2) is 65.9 Å². The van der Waals surface area contributed by atoms with Crippen LogP contribution in [-0.4, -0.2) is 22.0 Å². The molecule has 0 aliphatic heterocycles. The quantitative estimate of drug-likeness (QED) is 0.335. The van der Waals surface area contributed by atoms with Gasteiger partial charge >= 0.3 is 0 Å². The number of thiazole rings is 1. The lowest BCUT2D eigenvalue weighted by atomic mass is 10.2. The SMILES string of the molecule is C=CCNC(=O)c1cc(-c2csc(-c3ccccc3Cl)n2)n(Cc2cccs2)c1C. The number of amides is 1. The Morgan fingerprint density at radius 2 is 2.10 bits per heavy atom. The summed E-state index contributed by atoms with van der Waals surface area (Å²) in [4.78, 5) is 18.8. The van der Waals surface area contributed by atoms with E-state index in [4.69, 9.17) is 16.6 Å². The van der Waals surface area contributed by atoms with Gasteiger partial charge in [0.25, 0.3) is 5.91 Å². The molecule has 1 aromatic carbocycles. The third-order valence-electron chi connectivity index (χ3n) is 4.78. The maximum absolute atomic E-state index is 12.7. The molecule has 0 aliphatic carbocycles. The van der Waals surface area contributed by atoms with Gasteiger partial charge in [-0.1, -0.05) is 41.9 Å². The van der Waals surface area contributed by atoms with Crippen molar-refractivity contribution in [3.63, 3.8) is 0 Å². The first kappa shape index (κ1) is 20.6. The molecule has 3 heterocycles. The molecule has 0 fully saturated rings. The third kappa shape index (κ3) is 4.12. The summed E-state index contributed by atoms with van der Waals surface area (Å²) < 4.78 is 2.15. The van der Waals surface area contributed by atoms with Crippen molar-refractivity contribution in [1.82, 2.24) is 14.9 Å². The molecule has 7 heteroatoms. The van der Waals surface area contributed by atoms with Crippen LogP contribution in [0.2, 0.25) is 5.02 Å². The van der Waals surface area contributed by atoms with E-state index in [0.717, 1.165) is 27.7 Å². The Labute approximate surface area is 188 Å². The summed E-state index contributed by atoms with van der Waals surface area (Å²) in [7, 11) is 0. The van der Waals surface area contributed by atoms with Crippen molar-refractivity contribution in [3.05, 3.63) is 87.0 Å². The van der Waals surface area contributed by atoms with E-state index in [0.29, 0.717) is 23.7 Å². The number of aromatic nitrogens is 2. The second-order valence-electron chi connectivity index (χ2n) is 6.71. The fourth-order valence-corrected chi connectivity index (χ4v) is 5.09. The van der Waals surface area contributed by atoms with Crippen LogP contribution in [-0.2, 0) is 6.54 Å². The fourth-order valence-electron chi connectivity index (χ4n) is 3.26. The van der Waals surface area contributed by atoms with Crippen molar-refractivity contribution in [1.29, 1.82) is 0 Å². The van der Waals surface area contributed by atoms with Gasteiger partial charge in [0.15, 0.2) is 0 Å². The van der Waals surface area contributed by atoms with E-state index in [1.165, 1.54) is 4.88 Å². The van der Waals surface area contributed by atoms with Crippen molar-refractivity contribution in [2.45, 2.75) is 13.5 Å². The number of hydrogen-bond acceptors (Lipinski definition) is 4. The normalized spacial score (nSPS) is 10.9. The van der Waals surface area contributed by atoms with E-state index < -0.39 is 0 Å². The highest BCUT2D eigenvalue weighted by Gasteiger charge is 2.21. The smallest absolute Gasteiger partial charge is 0.253 e. The van der Waals surface area contributed by atoms with E-state index >= 15 is 0 Å². The average Bonchev–Trinajstić information content (AvgIpc) is 3.49. The summed E-state index contributed by atoms with van der Waals surface area (Å²) in [6, 6.07) is 13.7. The molecular weight excluding hydrogens is 434 g/mol. The van der Waals surface area contributed by atoms with E-state index in [1.807, 2.05) is 48.7 Å². The van der Waals surface area contributed by atoms with Crippen molar-refractivity contribution in [3.8, 4) is 22.0 Å². The van der Waals surface area contributed by atoms with Gasteiger partial charge in [-0.05, 0) is 30.5 Å². The Hall–Kier alpha value is -2.67. The van der Waals surface area contributed by atoms with Crippen molar-refractivity contribution in [2.75, 3.05) is 6.54 Å². The zero-order valence-corrected chi connectivity index (χ0v) is 18.8. The van der Waals surface area contributed by atoms with Gasteiger partial charge in [0, 0.05) is 28.1 Å². The van der Waals surface area contributed by atoms with Gasteiger partial charge in [-0.3, -0.25) is 4.79 Å². The summed E-state index contributed by atoms with van der Waals surface area (Å²) >= 11 is 9.60. The number of rotatable bonds is 7. The van der Waals surface area contributed by atoms with Gasteiger partial charge in [0.05, 0.1) is 28.5 Å². The molecule has 0 spiro atoms. The molecule has 0 unspecified atom stereocenters. The van der Waals surface area contributed by atoms with Crippen LogP contribution in [0.1, 0.15) is 20.9 Å². The first-order chi connectivity index (χ1) is 14.6. The molecule has 30 heavy (non-hydrogen) atoms. The first-order valence-electron chi connectivity index (χ1n) is 9.41. The number of hydrogen-bond donors (Lipinski definition) is 1. The molecule has 3 aromatic heterocycles. The summed E-state index contributed by atoms with van der Waals surface area (Å²) in [6.07, 6.45) is 1.67. The number of nitrogens with zero attached hydrogens (tertiary/aromatic N) is 2. The highest BCUT2D eigenvalue weighted by molar-refractivity contribution is 7.13. The number of benzene rings is 1. The minimum atomic E-state index is -0.111. The summed E-state index contributed by atoms with van der Waals surface area (Å²) in [6.45, 7) is 6.76. The largest absolute Gasteiger partial charge is 0.349 e. The Morgan fingerprint density at radius 3 is 2.83 bits per heavy atom. The molecule has 152 valence electrons. The zero-order chi connectivity index (χ0) is 21.1. The Morgan fingerprint density at radius 1 is 1.27 bits per heavy atom. The van der Waals surface area contributed by atoms with Crippen LogP contribution < -0.4 is 5.32 Å². The van der Waals surface area contributed by atoms with Gasteiger partial charge in [0.1, 0.15) is 5.01 Å².